The van der Waals surface area contributed by atoms with E-state index in [4.69, 9.17) is 4.74 Å². The van der Waals surface area contributed by atoms with Gasteiger partial charge in [-0.2, -0.15) is 0 Å². The van der Waals surface area contributed by atoms with Crippen LogP contribution in [0.5, 0.6) is 0 Å². The number of nitrogens with one attached hydrogen (secondary N) is 1. The lowest BCUT2D eigenvalue weighted by Crippen LogP contribution is -2.53. The van der Waals surface area contributed by atoms with Crippen LogP contribution in [0.3, 0.4) is 0 Å². The van der Waals surface area contributed by atoms with Gasteiger partial charge in [0.05, 0.1) is 25.5 Å². The number of ether oxygens (including phenoxy) is 1. The molecule has 0 aromatic heterocycles. The van der Waals surface area contributed by atoms with E-state index in [9.17, 15) is 13.2 Å². The molecule has 0 spiro atoms. The number of hydrogen-bond acceptors (Lipinski definition) is 5. The molecule has 1 amide bonds. The van der Waals surface area contributed by atoms with Crippen molar-refractivity contribution in [3.05, 3.63) is 0 Å². The van der Waals surface area contributed by atoms with Crippen molar-refractivity contribution in [3.63, 3.8) is 0 Å². The second-order valence-corrected chi connectivity index (χ2v) is 7.74. The largest absolute Gasteiger partial charge is 0.378 e. The van der Waals surface area contributed by atoms with Gasteiger partial charge in [-0.25, -0.2) is 12.7 Å². The van der Waals surface area contributed by atoms with Crippen molar-refractivity contribution >= 4 is 15.9 Å². The van der Waals surface area contributed by atoms with Crippen LogP contribution in [0.2, 0.25) is 0 Å². The monoisotopic (exact) mass is 319 g/mol. The van der Waals surface area contributed by atoms with Crippen molar-refractivity contribution in [1.29, 1.82) is 0 Å². The summed E-state index contributed by atoms with van der Waals surface area (Å²) in [6.45, 7) is 5.43. The Morgan fingerprint density at radius 3 is 2.29 bits per heavy atom. The van der Waals surface area contributed by atoms with Crippen LogP contribution in [0.4, 0.5) is 0 Å². The highest BCUT2D eigenvalue weighted by atomic mass is 32.2. The molecule has 0 saturated carbocycles. The highest BCUT2D eigenvalue weighted by Crippen LogP contribution is 2.14. The number of hydrogen-bond donors (Lipinski definition) is 1. The first-order valence-corrected chi connectivity index (χ1v) is 9.30. The first-order chi connectivity index (χ1) is 9.88. The number of rotatable bonds is 4. The van der Waals surface area contributed by atoms with E-state index < -0.39 is 10.0 Å². The van der Waals surface area contributed by atoms with Gasteiger partial charge in [-0.15, -0.1) is 0 Å². The van der Waals surface area contributed by atoms with E-state index in [1.165, 1.54) is 10.6 Å². The number of piperidine rings is 1. The number of amides is 1. The summed E-state index contributed by atoms with van der Waals surface area (Å²) >= 11 is 0. The molecule has 1 atom stereocenters. The SMILES string of the molecule is CC(NC1CCN(S(C)(=O)=O)CC1)C(=O)N1CCOCC1. The Morgan fingerprint density at radius 1 is 1.19 bits per heavy atom. The second kappa shape index (κ2) is 7.04. The van der Waals surface area contributed by atoms with Crippen molar-refractivity contribution in [2.24, 2.45) is 0 Å². The fourth-order valence-corrected chi connectivity index (χ4v) is 3.71. The van der Waals surface area contributed by atoms with Crippen LogP contribution >= 0.6 is 0 Å². The molecule has 0 bridgehead atoms. The Hall–Kier alpha value is -0.700. The number of nitrogens with zero attached hydrogens (tertiary/aromatic N) is 2. The van der Waals surface area contributed by atoms with Gasteiger partial charge in [-0.3, -0.25) is 4.79 Å². The lowest BCUT2D eigenvalue weighted by molar-refractivity contribution is -0.137. The minimum atomic E-state index is -3.09. The molecule has 2 rings (SSSR count). The number of carbonyl (C=O) groups is 1. The smallest absolute Gasteiger partial charge is 0.239 e. The van der Waals surface area contributed by atoms with Crippen LogP contribution in [0.15, 0.2) is 0 Å². The van der Waals surface area contributed by atoms with E-state index >= 15 is 0 Å². The molecule has 0 radical (unpaired) electrons. The van der Waals surface area contributed by atoms with Gasteiger partial charge in [-0.1, -0.05) is 0 Å². The minimum absolute atomic E-state index is 0.101. The summed E-state index contributed by atoms with van der Waals surface area (Å²) in [5.41, 5.74) is 0. The van der Waals surface area contributed by atoms with E-state index in [1.807, 2.05) is 11.8 Å². The fourth-order valence-electron chi connectivity index (χ4n) is 2.84. The predicted octanol–water partition coefficient (Wildman–Crippen LogP) is -0.753. The molecule has 122 valence electrons. The summed E-state index contributed by atoms with van der Waals surface area (Å²) in [6.07, 6.45) is 2.73. The van der Waals surface area contributed by atoms with Gasteiger partial charge in [0.15, 0.2) is 0 Å². The molecule has 1 N–H and O–H groups in total. The Morgan fingerprint density at radius 2 is 1.76 bits per heavy atom. The van der Waals surface area contributed by atoms with Crippen LogP contribution in [-0.4, -0.2) is 81.3 Å². The van der Waals surface area contributed by atoms with Gasteiger partial charge < -0.3 is 15.0 Å². The molecule has 2 heterocycles. The highest BCUT2D eigenvalue weighted by molar-refractivity contribution is 7.88. The lowest BCUT2D eigenvalue weighted by atomic mass is 10.1. The lowest BCUT2D eigenvalue weighted by Gasteiger charge is -2.34. The third-order valence-corrected chi connectivity index (χ3v) is 5.41. The maximum Gasteiger partial charge on any atom is 0.239 e. The topological polar surface area (TPSA) is 79.0 Å². The highest BCUT2D eigenvalue weighted by Gasteiger charge is 2.28. The van der Waals surface area contributed by atoms with Crippen molar-refractivity contribution in [3.8, 4) is 0 Å². The maximum atomic E-state index is 12.3. The molecule has 7 nitrogen and oxygen atoms in total. The average Bonchev–Trinajstić information content (AvgIpc) is 2.47. The molecule has 0 aliphatic carbocycles. The summed E-state index contributed by atoms with van der Waals surface area (Å²) in [5.74, 6) is 0.101. The van der Waals surface area contributed by atoms with Gasteiger partial charge in [0, 0.05) is 32.2 Å². The van der Waals surface area contributed by atoms with Crippen molar-refractivity contribution in [2.45, 2.75) is 31.8 Å². The fraction of sp³-hybridized carbons (Fsp3) is 0.923. The number of morpholine rings is 1. The molecule has 2 aliphatic rings. The Bertz CT molecular complexity index is 454. The molecule has 1 unspecified atom stereocenters. The zero-order chi connectivity index (χ0) is 15.5. The van der Waals surface area contributed by atoms with Crippen LogP contribution in [-0.2, 0) is 19.6 Å². The van der Waals surface area contributed by atoms with E-state index in [2.05, 4.69) is 5.32 Å². The molecule has 21 heavy (non-hydrogen) atoms. The first kappa shape index (κ1) is 16.7. The first-order valence-electron chi connectivity index (χ1n) is 7.45. The summed E-state index contributed by atoms with van der Waals surface area (Å²) in [7, 11) is -3.09. The van der Waals surface area contributed by atoms with Crippen LogP contribution in [0, 0.1) is 0 Å². The average molecular weight is 319 g/mol. The Labute approximate surface area is 126 Å². The summed E-state index contributed by atoms with van der Waals surface area (Å²) in [4.78, 5) is 14.1. The van der Waals surface area contributed by atoms with Gasteiger partial charge in [0.25, 0.3) is 0 Å². The van der Waals surface area contributed by atoms with Gasteiger partial charge in [0.2, 0.25) is 15.9 Å². The van der Waals surface area contributed by atoms with Crippen molar-refractivity contribution < 1.29 is 17.9 Å². The molecule has 0 aromatic rings. The van der Waals surface area contributed by atoms with Crippen molar-refractivity contribution in [1.82, 2.24) is 14.5 Å². The molecule has 2 saturated heterocycles. The quantitative estimate of drug-likeness (QED) is 0.737. The molecule has 2 fully saturated rings. The van der Waals surface area contributed by atoms with Gasteiger partial charge in [0.1, 0.15) is 0 Å². The summed E-state index contributed by atoms with van der Waals surface area (Å²) < 4.78 is 29.7. The van der Waals surface area contributed by atoms with Crippen molar-refractivity contribution in [2.75, 3.05) is 45.6 Å². The summed E-state index contributed by atoms with van der Waals surface area (Å²) in [5, 5.41) is 3.33. The standard InChI is InChI=1S/C13H25N3O4S/c1-11(13(17)15-7-9-20-10-8-15)14-12-3-5-16(6-4-12)21(2,18)19/h11-12,14H,3-10H2,1-2H3. The van der Waals surface area contributed by atoms with Gasteiger partial charge >= 0.3 is 0 Å². The molecule has 0 aromatic carbocycles. The van der Waals surface area contributed by atoms with Gasteiger partial charge in [-0.05, 0) is 19.8 Å². The number of sulfonamides is 1. The van der Waals surface area contributed by atoms with Crippen LogP contribution in [0.1, 0.15) is 19.8 Å². The maximum absolute atomic E-state index is 12.3. The third kappa shape index (κ3) is 4.64. The second-order valence-electron chi connectivity index (χ2n) is 5.76. The normalized spacial score (nSPS) is 24.0. The molecular weight excluding hydrogens is 294 g/mol. The predicted molar refractivity (Wildman–Crippen MR) is 79.4 cm³/mol. The van der Waals surface area contributed by atoms with E-state index in [0.29, 0.717) is 39.4 Å². The molecular formula is C13H25N3O4S. The van der Waals surface area contributed by atoms with E-state index in [-0.39, 0.29) is 18.0 Å². The van der Waals surface area contributed by atoms with E-state index in [1.54, 1.807) is 0 Å². The van der Waals surface area contributed by atoms with E-state index in [0.717, 1.165) is 12.8 Å². The zero-order valence-electron chi connectivity index (χ0n) is 12.7. The number of carbonyl (C=O) groups excluding carboxylic acids is 1. The zero-order valence-corrected chi connectivity index (χ0v) is 13.6. The minimum Gasteiger partial charge on any atom is -0.378 e. The van der Waals surface area contributed by atoms with Crippen LogP contribution in [0.25, 0.3) is 0 Å². The Kier molecular flexibility index (Phi) is 5.59. The molecule has 8 heteroatoms. The van der Waals surface area contributed by atoms with Crippen LogP contribution < -0.4 is 5.32 Å². The molecule has 2 aliphatic heterocycles. The third-order valence-electron chi connectivity index (χ3n) is 4.10. The summed E-state index contributed by atoms with van der Waals surface area (Å²) in [6, 6.07) is -0.0409. The Balaban J connectivity index is 1.78.